The van der Waals surface area contributed by atoms with Crippen molar-refractivity contribution >= 4 is 33.9 Å². The summed E-state index contributed by atoms with van der Waals surface area (Å²) in [6, 6.07) is 5.13. The molecule has 84 valence electrons. The molecule has 0 aliphatic rings. The molecule has 1 aromatic carbocycles. The van der Waals surface area contributed by atoms with Crippen molar-refractivity contribution in [2.75, 3.05) is 0 Å². The average molecular weight is 348 g/mol. The fraction of sp³-hybridized carbons (Fsp3) is 0.273. The lowest BCUT2D eigenvalue weighted by Gasteiger charge is -1.98. The maximum Gasteiger partial charge on any atom is 0.150 e. The van der Waals surface area contributed by atoms with E-state index in [-0.39, 0.29) is 5.82 Å². The number of hydrogen-bond donors (Lipinski definition) is 0. The van der Waals surface area contributed by atoms with Crippen LogP contribution in [0.25, 0.3) is 10.6 Å². The maximum atomic E-state index is 13.7. The molecule has 0 bridgehead atoms. The van der Waals surface area contributed by atoms with E-state index in [1.165, 1.54) is 17.4 Å². The number of benzene rings is 1. The summed E-state index contributed by atoms with van der Waals surface area (Å²) in [5, 5.41) is 9.67. The van der Waals surface area contributed by atoms with Crippen molar-refractivity contribution < 1.29 is 4.39 Å². The zero-order valence-electron chi connectivity index (χ0n) is 8.87. The van der Waals surface area contributed by atoms with Gasteiger partial charge in [0, 0.05) is 15.1 Å². The van der Waals surface area contributed by atoms with Gasteiger partial charge in [-0.05, 0) is 40.8 Å². The molecule has 1 aromatic heterocycles. The highest BCUT2D eigenvalue weighted by Gasteiger charge is 2.12. The van der Waals surface area contributed by atoms with Gasteiger partial charge in [0.15, 0.2) is 5.01 Å². The van der Waals surface area contributed by atoms with Crippen molar-refractivity contribution in [1.82, 2.24) is 10.2 Å². The van der Waals surface area contributed by atoms with Crippen molar-refractivity contribution in [3.63, 3.8) is 0 Å². The van der Waals surface area contributed by atoms with Crippen LogP contribution in [0.4, 0.5) is 4.39 Å². The second-order valence-electron chi connectivity index (χ2n) is 3.72. The lowest BCUT2D eigenvalue weighted by Crippen LogP contribution is -1.85. The van der Waals surface area contributed by atoms with Gasteiger partial charge in [-0.1, -0.05) is 25.2 Å². The van der Waals surface area contributed by atoms with Gasteiger partial charge in [0.2, 0.25) is 0 Å². The number of nitrogens with zero attached hydrogens (tertiary/aromatic N) is 2. The minimum Gasteiger partial charge on any atom is -0.206 e. The molecule has 0 N–H and O–H groups in total. The first-order valence-corrected chi connectivity index (χ1v) is 6.76. The quantitative estimate of drug-likeness (QED) is 0.765. The van der Waals surface area contributed by atoms with Crippen LogP contribution in [0.5, 0.6) is 0 Å². The summed E-state index contributed by atoms with van der Waals surface area (Å²) in [4.78, 5) is 0. The number of halogens is 2. The van der Waals surface area contributed by atoms with E-state index >= 15 is 0 Å². The third-order valence-corrected chi connectivity index (χ3v) is 4.02. The molecule has 2 nitrogen and oxygen atoms in total. The molecule has 1 heterocycles. The monoisotopic (exact) mass is 348 g/mol. The van der Waals surface area contributed by atoms with Crippen molar-refractivity contribution in [2.24, 2.45) is 0 Å². The van der Waals surface area contributed by atoms with Crippen molar-refractivity contribution in [2.45, 2.75) is 19.8 Å². The summed E-state index contributed by atoms with van der Waals surface area (Å²) in [5.74, 6) is 0.0940. The predicted molar refractivity (Wildman–Crippen MR) is 72.1 cm³/mol. The first-order valence-electron chi connectivity index (χ1n) is 4.86. The third-order valence-electron chi connectivity index (χ3n) is 2.10. The zero-order chi connectivity index (χ0) is 11.7. The molecule has 2 rings (SSSR count). The lowest BCUT2D eigenvalue weighted by atomic mass is 10.2. The standard InChI is InChI=1S/C11H10FIN2S/c1-6(2)10-14-15-11(16-10)8-4-3-7(13)5-9(8)12/h3-6H,1-2H3. The summed E-state index contributed by atoms with van der Waals surface area (Å²) in [5.41, 5.74) is 0.532. The normalized spacial score (nSPS) is 11.1. The van der Waals surface area contributed by atoms with Crippen LogP contribution in [-0.2, 0) is 0 Å². The third kappa shape index (κ3) is 2.40. The first-order chi connectivity index (χ1) is 7.58. The minimum atomic E-state index is -0.238. The summed E-state index contributed by atoms with van der Waals surface area (Å²) in [7, 11) is 0. The zero-order valence-corrected chi connectivity index (χ0v) is 11.8. The van der Waals surface area contributed by atoms with Crippen LogP contribution in [0.15, 0.2) is 18.2 Å². The summed E-state index contributed by atoms with van der Waals surface area (Å²) < 4.78 is 14.6. The summed E-state index contributed by atoms with van der Waals surface area (Å²) >= 11 is 3.53. The Balaban J connectivity index is 2.42. The maximum absolute atomic E-state index is 13.7. The fourth-order valence-electron chi connectivity index (χ4n) is 1.24. The summed E-state index contributed by atoms with van der Waals surface area (Å²) in [6.45, 7) is 4.10. The van der Waals surface area contributed by atoms with Gasteiger partial charge in [-0.25, -0.2) is 4.39 Å². The van der Waals surface area contributed by atoms with Gasteiger partial charge >= 0.3 is 0 Å². The molecule has 0 aliphatic carbocycles. The highest BCUT2D eigenvalue weighted by molar-refractivity contribution is 14.1. The van der Waals surface area contributed by atoms with E-state index < -0.39 is 0 Å². The molecule has 2 aromatic rings. The molecule has 0 aliphatic heterocycles. The Labute approximate surface area is 111 Å². The molecular formula is C11H10FIN2S. The topological polar surface area (TPSA) is 25.8 Å². The van der Waals surface area contributed by atoms with Crippen LogP contribution >= 0.6 is 33.9 Å². The van der Waals surface area contributed by atoms with Crippen LogP contribution in [0.1, 0.15) is 24.8 Å². The molecule has 16 heavy (non-hydrogen) atoms. The van der Waals surface area contributed by atoms with Gasteiger partial charge in [0.25, 0.3) is 0 Å². The molecule has 0 fully saturated rings. The second-order valence-corrected chi connectivity index (χ2v) is 5.98. The smallest absolute Gasteiger partial charge is 0.150 e. The molecule has 0 radical (unpaired) electrons. The Hall–Kier alpha value is -0.560. The van der Waals surface area contributed by atoms with E-state index in [0.29, 0.717) is 16.5 Å². The highest BCUT2D eigenvalue weighted by Crippen LogP contribution is 2.29. The number of hydrogen-bond acceptors (Lipinski definition) is 3. The lowest BCUT2D eigenvalue weighted by molar-refractivity contribution is 0.630. The van der Waals surface area contributed by atoms with Gasteiger partial charge in [0.1, 0.15) is 10.8 Å². The average Bonchev–Trinajstić information content (AvgIpc) is 2.66. The van der Waals surface area contributed by atoms with Gasteiger partial charge < -0.3 is 0 Å². The minimum absolute atomic E-state index is 0.238. The van der Waals surface area contributed by atoms with E-state index in [0.717, 1.165) is 8.58 Å². The Bertz CT molecular complexity index is 510. The van der Waals surface area contributed by atoms with Gasteiger partial charge in [-0.3, -0.25) is 0 Å². The Morgan fingerprint density at radius 2 is 2.06 bits per heavy atom. The fourth-order valence-corrected chi connectivity index (χ4v) is 2.57. The highest BCUT2D eigenvalue weighted by atomic mass is 127. The van der Waals surface area contributed by atoms with E-state index in [2.05, 4.69) is 46.6 Å². The Morgan fingerprint density at radius 1 is 1.31 bits per heavy atom. The van der Waals surface area contributed by atoms with Crippen molar-refractivity contribution in [1.29, 1.82) is 0 Å². The molecular weight excluding hydrogens is 338 g/mol. The molecule has 5 heteroatoms. The molecule has 0 amide bonds. The molecule has 0 spiro atoms. The Kier molecular flexibility index (Phi) is 3.53. The largest absolute Gasteiger partial charge is 0.206 e. The molecule has 0 saturated carbocycles. The van der Waals surface area contributed by atoms with Crippen LogP contribution in [0, 0.1) is 9.39 Å². The first kappa shape index (κ1) is 11.9. The van der Waals surface area contributed by atoms with Crippen molar-refractivity contribution in [3.05, 3.63) is 32.6 Å². The van der Waals surface area contributed by atoms with Crippen LogP contribution < -0.4 is 0 Å². The molecule has 0 unspecified atom stereocenters. The van der Waals surface area contributed by atoms with E-state index in [1.807, 2.05) is 6.07 Å². The SMILES string of the molecule is CC(C)c1nnc(-c2ccc(I)cc2F)s1. The van der Waals surface area contributed by atoms with Crippen LogP contribution in [0.2, 0.25) is 0 Å². The van der Waals surface area contributed by atoms with Gasteiger partial charge in [0.05, 0.1) is 0 Å². The molecule has 0 atom stereocenters. The van der Waals surface area contributed by atoms with Gasteiger partial charge in [-0.2, -0.15) is 0 Å². The van der Waals surface area contributed by atoms with E-state index in [4.69, 9.17) is 0 Å². The van der Waals surface area contributed by atoms with Crippen molar-refractivity contribution in [3.8, 4) is 10.6 Å². The van der Waals surface area contributed by atoms with E-state index in [9.17, 15) is 4.39 Å². The summed E-state index contributed by atoms with van der Waals surface area (Å²) in [6.07, 6.45) is 0. The van der Waals surface area contributed by atoms with Crippen LogP contribution in [-0.4, -0.2) is 10.2 Å². The Morgan fingerprint density at radius 3 is 2.62 bits per heavy atom. The molecule has 0 saturated heterocycles. The van der Waals surface area contributed by atoms with Gasteiger partial charge in [-0.15, -0.1) is 10.2 Å². The number of rotatable bonds is 2. The second kappa shape index (κ2) is 4.75. The van der Waals surface area contributed by atoms with E-state index in [1.54, 1.807) is 6.07 Å². The van der Waals surface area contributed by atoms with Crippen LogP contribution in [0.3, 0.4) is 0 Å². The predicted octanol–water partition coefficient (Wildman–Crippen LogP) is 4.07. The number of aromatic nitrogens is 2.